The monoisotopic (exact) mass is 371 g/mol. The lowest BCUT2D eigenvalue weighted by molar-refractivity contribution is -0.135. The van der Waals surface area contributed by atoms with Crippen LogP contribution >= 0.6 is 0 Å². The molecule has 3 heterocycles. The first-order valence-corrected chi connectivity index (χ1v) is 9.18. The Balaban J connectivity index is 1.59. The number of nitrogens with two attached hydrogens (primary N) is 1. The van der Waals surface area contributed by atoms with Crippen LogP contribution in [-0.4, -0.2) is 76.7 Å². The standard InChI is InChI=1S/C19H25N5O3/c1-2-6-24-13-15(11-17(24)25)19(27)23-8-3-7-22(9-10-23)18(26)14-4-5-16(20)21-12-14/h2,4-5,12,15H,1,3,6-11,13H2,(H2,20,21). The zero-order valence-electron chi connectivity index (χ0n) is 15.3. The summed E-state index contributed by atoms with van der Waals surface area (Å²) in [6, 6.07) is 3.27. The maximum atomic E-state index is 12.8. The van der Waals surface area contributed by atoms with E-state index in [0.29, 0.717) is 57.1 Å². The Labute approximate surface area is 158 Å². The summed E-state index contributed by atoms with van der Waals surface area (Å²) in [5, 5.41) is 0. The molecule has 1 unspecified atom stereocenters. The average molecular weight is 371 g/mol. The second kappa shape index (κ2) is 8.20. The molecule has 2 aliphatic rings. The third-order valence-electron chi connectivity index (χ3n) is 5.04. The van der Waals surface area contributed by atoms with Crippen molar-refractivity contribution in [3.05, 3.63) is 36.5 Å². The summed E-state index contributed by atoms with van der Waals surface area (Å²) in [7, 11) is 0. The number of carbonyl (C=O) groups is 3. The minimum atomic E-state index is -0.305. The number of pyridine rings is 1. The molecule has 2 fully saturated rings. The molecule has 2 saturated heterocycles. The van der Waals surface area contributed by atoms with Crippen LogP contribution in [0.2, 0.25) is 0 Å². The molecule has 1 aromatic rings. The Morgan fingerprint density at radius 1 is 1.22 bits per heavy atom. The summed E-state index contributed by atoms with van der Waals surface area (Å²) in [5.41, 5.74) is 6.06. The SMILES string of the molecule is C=CCN1CC(C(=O)N2CCCN(C(=O)c3ccc(N)nc3)CC2)CC1=O. The van der Waals surface area contributed by atoms with Crippen LogP contribution in [0.15, 0.2) is 31.0 Å². The molecule has 3 amide bonds. The van der Waals surface area contributed by atoms with E-state index in [4.69, 9.17) is 5.73 Å². The van der Waals surface area contributed by atoms with Crippen molar-refractivity contribution >= 4 is 23.5 Å². The van der Waals surface area contributed by atoms with E-state index < -0.39 is 0 Å². The van der Waals surface area contributed by atoms with Gasteiger partial charge in [0.25, 0.3) is 5.91 Å². The first kappa shape index (κ1) is 18.9. The maximum Gasteiger partial charge on any atom is 0.255 e. The number of likely N-dealkylation sites (tertiary alicyclic amines) is 1. The molecule has 2 N–H and O–H groups in total. The molecule has 0 spiro atoms. The minimum Gasteiger partial charge on any atom is -0.384 e. The van der Waals surface area contributed by atoms with E-state index in [1.807, 2.05) is 0 Å². The minimum absolute atomic E-state index is 0.00152. The predicted octanol–water partition coefficient (Wildman–Crippen LogP) is 0.373. The molecule has 0 radical (unpaired) electrons. The second-order valence-corrected chi connectivity index (χ2v) is 6.93. The number of carbonyl (C=O) groups excluding carboxylic acids is 3. The number of aromatic nitrogens is 1. The Bertz CT molecular complexity index is 733. The van der Waals surface area contributed by atoms with Crippen LogP contribution in [-0.2, 0) is 9.59 Å². The number of nitrogens with zero attached hydrogens (tertiary/aromatic N) is 4. The normalized spacial score (nSPS) is 20.5. The van der Waals surface area contributed by atoms with Crippen LogP contribution in [0.3, 0.4) is 0 Å². The average Bonchev–Trinajstić information content (AvgIpc) is 2.88. The smallest absolute Gasteiger partial charge is 0.255 e. The third kappa shape index (κ3) is 4.27. The van der Waals surface area contributed by atoms with Crippen molar-refractivity contribution in [1.29, 1.82) is 0 Å². The van der Waals surface area contributed by atoms with Gasteiger partial charge in [-0.1, -0.05) is 6.08 Å². The molecule has 144 valence electrons. The van der Waals surface area contributed by atoms with E-state index in [1.54, 1.807) is 32.9 Å². The molecule has 0 saturated carbocycles. The lowest BCUT2D eigenvalue weighted by atomic mass is 10.1. The van der Waals surface area contributed by atoms with Crippen LogP contribution < -0.4 is 5.73 Å². The van der Waals surface area contributed by atoms with Crippen molar-refractivity contribution in [1.82, 2.24) is 19.7 Å². The van der Waals surface area contributed by atoms with Crippen molar-refractivity contribution in [2.45, 2.75) is 12.8 Å². The molecule has 0 aromatic carbocycles. The summed E-state index contributed by atoms with van der Waals surface area (Å²) in [6.07, 6.45) is 4.11. The fourth-order valence-electron chi connectivity index (χ4n) is 3.58. The Morgan fingerprint density at radius 2 is 1.96 bits per heavy atom. The van der Waals surface area contributed by atoms with Crippen LogP contribution in [0.4, 0.5) is 5.82 Å². The highest BCUT2D eigenvalue weighted by Gasteiger charge is 2.36. The molecule has 8 nitrogen and oxygen atoms in total. The predicted molar refractivity (Wildman–Crippen MR) is 101 cm³/mol. The number of hydrogen-bond acceptors (Lipinski definition) is 5. The largest absolute Gasteiger partial charge is 0.384 e. The summed E-state index contributed by atoms with van der Waals surface area (Å²) in [5.74, 6) is -0.0455. The molecule has 3 rings (SSSR count). The highest BCUT2D eigenvalue weighted by Crippen LogP contribution is 2.21. The van der Waals surface area contributed by atoms with Crippen LogP contribution in [0.25, 0.3) is 0 Å². The number of amides is 3. The van der Waals surface area contributed by atoms with Crippen molar-refractivity contribution in [2.24, 2.45) is 5.92 Å². The molecular formula is C19H25N5O3. The molecule has 1 atom stereocenters. The number of hydrogen-bond donors (Lipinski definition) is 1. The third-order valence-corrected chi connectivity index (χ3v) is 5.04. The Morgan fingerprint density at radius 3 is 2.67 bits per heavy atom. The fourth-order valence-corrected chi connectivity index (χ4v) is 3.58. The number of nitrogen functional groups attached to an aromatic ring is 1. The topological polar surface area (TPSA) is 99.8 Å². The second-order valence-electron chi connectivity index (χ2n) is 6.93. The zero-order chi connectivity index (χ0) is 19.4. The van der Waals surface area contributed by atoms with E-state index in [9.17, 15) is 14.4 Å². The molecule has 0 bridgehead atoms. The van der Waals surface area contributed by atoms with Crippen LogP contribution in [0.1, 0.15) is 23.2 Å². The Kier molecular flexibility index (Phi) is 5.73. The first-order chi connectivity index (χ1) is 13.0. The number of rotatable bonds is 4. The van der Waals surface area contributed by atoms with Gasteiger partial charge in [0.1, 0.15) is 5.82 Å². The maximum absolute atomic E-state index is 12.8. The van der Waals surface area contributed by atoms with Gasteiger partial charge >= 0.3 is 0 Å². The summed E-state index contributed by atoms with van der Waals surface area (Å²) >= 11 is 0. The highest BCUT2D eigenvalue weighted by molar-refractivity contribution is 5.94. The first-order valence-electron chi connectivity index (χ1n) is 9.18. The quantitative estimate of drug-likeness (QED) is 0.771. The van der Waals surface area contributed by atoms with Crippen molar-refractivity contribution in [3.8, 4) is 0 Å². The van der Waals surface area contributed by atoms with Gasteiger partial charge in [-0.2, -0.15) is 0 Å². The molecule has 27 heavy (non-hydrogen) atoms. The van der Waals surface area contributed by atoms with E-state index in [0.717, 1.165) is 0 Å². The van der Waals surface area contributed by atoms with E-state index >= 15 is 0 Å². The van der Waals surface area contributed by atoms with Gasteiger partial charge in [-0.3, -0.25) is 14.4 Å². The molecule has 0 aliphatic carbocycles. The number of anilines is 1. The van der Waals surface area contributed by atoms with Gasteiger partial charge in [0.2, 0.25) is 11.8 Å². The molecule has 8 heteroatoms. The van der Waals surface area contributed by atoms with E-state index in [2.05, 4.69) is 11.6 Å². The van der Waals surface area contributed by atoms with Gasteiger partial charge in [-0.15, -0.1) is 6.58 Å². The van der Waals surface area contributed by atoms with E-state index in [1.165, 1.54) is 6.20 Å². The fraction of sp³-hybridized carbons (Fsp3) is 0.474. The van der Waals surface area contributed by atoms with Crippen molar-refractivity contribution < 1.29 is 14.4 Å². The molecule has 2 aliphatic heterocycles. The zero-order valence-corrected chi connectivity index (χ0v) is 15.3. The van der Waals surface area contributed by atoms with Gasteiger partial charge in [0, 0.05) is 51.9 Å². The van der Waals surface area contributed by atoms with Gasteiger partial charge in [0.15, 0.2) is 0 Å². The highest BCUT2D eigenvalue weighted by atomic mass is 16.2. The Hall–Kier alpha value is -2.90. The lowest BCUT2D eigenvalue weighted by Gasteiger charge is -2.24. The summed E-state index contributed by atoms with van der Waals surface area (Å²) in [4.78, 5) is 46.6. The van der Waals surface area contributed by atoms with Crippen molar-refractivity contribution in [3.63, 3.8) is 0 Å². The van der Waals surface area contributed by atoms with Crippen LogP contribution in [0, 0.1) is 5.92 Å². The van der Waals surface area contributed by atoms with Gasteiger partial charge in [0.05, 0.1) is 11.5 Å². The summed E-state index contributed by atoms with van der Waals surface area (Å²) in [6.45, 7) is 6.67. The lowest BCUT2D eigenvalue weighted by Crippen LogP contribution is -2.40. The molecule has 1 aromatic heterocycles. The van der Waals surface area contributed by atoms with E-state index in [-0.39, 0.29) is 30.1 Å². The van der Waals surface area contributed by atoms with Crippen LogP contribution in [0.5, 0.6) is 0 Å². The summed E-state index contributed by atoms with van der Waals surface area (Å²) < 4.78 is 0. The van der Waals surface area contributed by atoms with Gasteiger partial charge < -0.3 is 20.4 Å². The molecular weight excluding hydrogens is 346 g/mol. The van der Waals surface area contributed by atoms with Crippen molar-refractivity contribution in [2.75, 3.05) is 45.0 Å². The van der Waals surface area contributed by atoms with Gasteiger partial charge in [-0.05, 0) is 18.6 Å². The van der Waals surface area contributed by atoms with Gasteiger partial charge in [-0.25, -0.2) is 4.98 Å².